The molecule has 104 valence electrons. The van der Waals surface area contributed by atoms with Gasteiger partial charge in [0.1, 0.15) is 5.75 Å². The van der Waals surface area contributed by atoms with Crippen LogP contribution in [0, 0.1) is 0 Å². The van der Waals surface area contributed by atoms with Crippen molar-refractivity contribution >= 4 is 23.0 Å². The van der Waals surface area contributed by atoms with Gasteiger partial charge in [-0.1, -0.05) is 12.1 Å². The lowest BCUT2D eigenvalue weighted by Crippen LogP contribution is -2.38. The van der Waals surface area contributed by atoms with E-state index in [1.54, 1.807) is 7.11 Å². The van der Waals surface area contributed by atoms with Gasteiger partial charge >= 0.3 is 0 Å². The van der Waals surface area contributed by atoms with Crippen LogP contribution in [0.3, 0.4) is 0 Å². The molecule has 2 N–H and O–H groups in total. The van der Waals surface area contributed by atoms with Crippen LogP contribution in [0.5, 0.6) is 5.75 Å². The Morgan fingerprint density at radius 1 is 1.35 bits per heavy atom. The zero-order chi connectivity index (χ0) is 13.9. The number of aromatic nitrogens is 1. The highest BCUT2D eigenvalue weighted by atomic mass is 32.1. The summed E-state index contributed by atoms with van der Waals surface area (Å²) in [5, 5.41) is 4.01. The van der Waals surface area contributed by atoms with Crippen molar-refractivity contribution in [1.29, 1.82) is 0 Å². The lowest BCUT2D eigenvalue weighted by atomic mass is 10.1. The number of anilines is 1. The Kier molecular flexibility index (Phi) is 3.60. The maximum atomic E-state index is 5.52. The Balaban J connectivity index is 1.71. The second-order valence-electron chi connectivity index (χ2n) is 4.78. The molecule has 20 heavy (non-hydrogen) atoms. The summed E-state index contributed by atoms with van der Waals surface area (Å²) in [5.41, 5.74) is 3.54. The fourth-order valence-corrected chi connectivity index (χ4v) is 2.73. The number of nitrogens with zero attached hydrogens (tertiary/aromatic N) is 1. The maximum absolute atomic E-state index is 5.52. The summed E-state index contributed by atoms with van der Waals surface area (Å²) in [6.45, 7) is 1.77. The fourth-order valence-electron chi connectivity index (χ4n) is 2.46. The van der Waals surface area contributed by atoms with Gasteiger partial charge in [-0.15, -0.1) is 0 Å². The standard InChI is InChI=1S/C15H17N3OS/c1-19-14-5-3-2-4-13(14)17-15(20)18-9-7-12-11(10-18)6-8-16-12/h2-6,8,16H,7,9-10H2,1H3,(H,17,20). The summed E-state index contributed by atoms with van der Waals surface area (Å²) in [4.78, 5) is 5.45. The third-order valence-corrected chi connectivity index (χ3v) is 3.92. The normalized spacial score (nSPS) is 13.8. The second kappa shape index (κ2) is 5.54. The van der Waals surface area contributed by atoms with Gasteiger partial charge in [0.25, 0.3) is 0 Å². The number of rotatable bonds is 2. The molecule has 1 aliphatic heterocycles. The summed E-state index contributed by atoms with van der Waals surface area (Å²) in [5.74, 6) is 0.800. The first-order chi connectivity index (χ1) is 9.78. The number of hydrogen-bond acceptors (Lipinski definition) is 2. The molecule has 0 bridgehead atoms. The van der Waals surface area contributed by atoms with E-state index in [0.717, 1.165) is 36.1 Å². The lowest BCUT2D eigenvalue weighted by Gasteiger charge is -2.29. The molecule has 0 unspecified atom stereocenters. The number of benzene rings is 1. The first-order valence-corrected chi connectivity index (χ1v) is 7.03. The van der Waals surface area contributed by atoms with Crippen LogP contribution >= 0.6 is 12.2 Å². The van der Waals surface area contributed by atoms with Gasteiger partial charge in [0.05, 0.1) is 12.8 Å². The van der Waals surface area contributed by atoms with Crippen molar-refractivity contribution < 1.29 is 4.74 Å². The number of para-hydroxylation sites is 2. The molecule has 0 saturated carbocycles. The van der Waals surface area contributed by atoms with Crippen LogP contribution in [-0.2, 0) is 13.0 Å². The number of thiocarbonyl (C=S) groups is 1. The number of methoxy groups -OCH3 is 1. The number of fused-ring (bicyclic) bond motifs is 1. The number of nitrogens with one attached hydrogen (secondary N) is 2. The Morgan fingerprint density at radius 3 is 3.05 bits per heavy atom. The molecule has 0 spiro atoms. The van der Waals surface area contributed by atoms with Gasteiger partial charge in [-0.2, -0.15) is 0 Å². The minimum atomic E-state index is 0.737. The highest BCUT2D eigenvalue weighted by Gasteiger charge is 2.19. The minimum Gasteiger partial charge on any atom is -0.495 e. The Bertz CT molecular complexity index is 623. The molecule has 2 aromatic rings. The zero-order valence-corrected chi connectivity index (χ0v) is 12.2. The van der Waals surface area contributed by atoms with Crippen molar-refractivity contribution in [2.75, 3.05) is 19.0 Å². The van der Waals surface area contributed by atoms with Gasteiger partial charge in [0.2, 0.25) is 0 Å². The monoisotopic (exact) mass is 287 g/mol. The van der Waals surface area contributed by atoms with E-state index < -0.39 is 0 Å². The Labute approximate surface area is 123 Å². The zero-order valence-electron chi connectivity index (χ0n) is 11.3. The van der Waals surface area contributed by atoms with E-state index in [1.807, 2.05) is 30.5 Å². The van der Waals surface area contributed by atoms with Gasteiger partial charge in [-0.25, -0.2) is 0 Å². The molecule has 0 radical (unpaired) electrons. The van der Waals surface area contributed by atoms with Gasteiger partial charge in [-0.3, -0.25) is 0 Å². The number of H-pyrrole nitrogens is 1. The predicted molar refractivity (Wildman–Crippen MR) is 84.1 cm³/mol. The molecule has 0 fully saturated rings. The van der Waals surface area contributed by atoms with Crippen molar-refractivity contribution in [3.05, 3.63) is 47.8 Å². The van der Waals surface area contributed by atoms with Crippen LogP contribution in [0.15, 0.2) is 36.5 Å². The Hall–Kier alpha value is -2.01. The summed E-state index contributed by atoms with van der Waals surface area (Å²) in [6, 6.07) is 9.92. The third-order valence-electron chi connectivity index (χ3n) is 3.56. The van der Waals surface area contributed by atoms with E-state index in [1.165, 1.54) is 11.3 Å². The highest BCUT2D eigenvalue weighted by molar-refractivity contribution is 7.80. The summed E-state index contributed by atoms with van der Waals surface area (Å²) < 4.78 is 5.33. The summed E-state index contributed by atoms with van der Waals surface area (Å²) >= 11 is 5.52. The molecule has 0 aliphatic carbocycles. The van der Waals surface area contributed by atoms with Crippen molar-refractivity contribution in [2.45, 2.75) is 13.0 Å². The molecule has 2 heterocycles. The molecular weight excluding hydrogens is 270 g/mol. The van der Waals surface area contributed by atoms with E-state index in [0.29, 0.717) is 0 Å². The van der Waals surface area contributed by atoms with Gasteiger partial charge < -0.3 is 19.9 Å². The van der Waals surface area contributed by atoms with Crippen LogP contribution in [0.4, 0.5) is 5.69 Å². The number of ether oxygens (including phenoxy) is 1. The minimum absolute atomic E-state index is 0.737. The molecular formula is C15H17N3OS. The smallest absolute Gasteiger partial charge is 0.173 e. The largest absolute Gasteiger partial charge is 0.495 e. The van der Waals surface area contributed by atoms with Crippen molar-refractivity contribution in [3.63, 3.8) is 0 Å². The maximum Gasteiger partial charge on any atom is 0.173 e. The molecule has 0 saturated heterocycles. The summed E-state index contributed by atoms with van der Waals surface area (Å²) in [7, 11) is 1.66. The molecule has 1 aliphatic rings. The SMILES string of the molecule is COc1ccccc1NC(=S)N1CCc2[nH]ccc2C1. The van der Waals surface area contributed by atoms with Crippen LogP contribution in [0.1, 0.15) is 11.3 Å². The highest BCUT2D eigenvalue weighted by Crippen LogP contribution is 2.24. The first kappa shape index (κ1) is 13.0. The van der Waals surface area contributed by atoms with Crippen LogP contribution in [0.25, 0.3) is 0 Å². The van der Waals surface area contributed by atoms with E-state index in [4.69, 9.17) is 17.0 Å². The molecule has 4 nitrogen and oxygen atoms in total. The van der Waals surface area contributed by atoms with Gasteiger partial charge in [-0.05, 0) is 36.0 Å². The quantitative estimate of drug-likeness (QED) is 0.833. The van der Waals surface area contributed by atoms with Crippen molar-refractivity contribution in [2.24, 2.45) is 0 Å². The number of hydrogen-bond donors (Lipinski definition) is 2. The predicted octanol–water partition coefficient (Wildman–Crippen LogP) is 2.78. The van der Waals surface area contributed by atoms with Crippen LogP contribution < -0.4 is 10.1 Å². The van der Waals surface area contributed by atoms with E-state index >= 15 is 0 Å². The van der Waals surface area contributed by atoms with Gasteiger partial charge in [0.15, 0.2) is 5.11 Å². The lowest BCUT2D eigenvalue weighted by molar-refractivity contribution is 0.396. The molecule has 5 heteroatoms. The fraction of sp³-hybridized carbons (Fsp3) is 0.267. The van der Waals surface area contributed by atoms with Gasteiger partial charge in [0, 0.05) is 31.4 Å². The average molecular weight is 287 g/mol. The van der Waals surface area contributed by atoms with E-state index in [-0.39, 0.29) is 0 Å². The molecule has 0 amide bonds. The molecule has 0 atom stereocenters. The first-order valence-electron chi connectivity index (χ1n) is 6.62. The molecule has 1 aromatic heterocycles. The van der Waals surface area contributed by atoms with Crippen LogP contribution in [0.2, 0.25) is 0 Å². The number of aromatic amines is 1. The summed E-state index contributed by atoms with van der Waals surface area (Å²) in [6.07, 6.45) is 2.99. The molecule has 3 rings (SSSR count). The van der Waals surface area contributed by atoms with Crippen molar-refractivity contribution in [1.82, 2.24) is 9.88 Å². The topological polar surface area (TPSA) is 40.3 Å². The third kappa shape index (κ3) is 2.49. The van der Waals surface area contributed by atoms with E-state index in [9.17, 15) is 0 Å². The van der Waals surface area contributed by atoms with E-state index in [2.05, 4.69) is 21.3 Å². The second-order valence-corrected chi connectivity index (χ2v) is 5.17. The Morgan fingerprint density at radius 2 is 2.20 bits per heavy atom. The van der Waals surface area contributed by atoms with Crippen LogP contribution in [-0.4, -0.2) is 28.7 Å². The average Bonchev–Trinajstić information content (AvgIpc) is 2.95. The molecule has 1 aromatic carbocycles. The van der Waals surface area contributed by atoms with Crippen molar-refractivity contribution in [3.8, 4) is 5.75 Å².